The van der Waals surface area contributed by atoms with Gasteiger partial charge in [-0.25, -0.2) is 4.79 Å². The first-order valence-electron chi connectivity index (χ1n) is 4.99. The van der Waals surface area contributed by atoms with Crippen molar-refractivity contribution in [2.45, 2.75) is 17.9 Å². The molecule has 0 fully saturated rings. The Morgan fingerprint density at radius 1 is 1.53 bits per heavy atom. The number of carbonyl (C=O) groups excluding carboxylic acids is 1. The summed E-state index contributed by atoms with van der Waals surface area (Å²) in [7, 11) is 0. The zero-order valence-corrected chi connectivity index (χ0v) is 11.4. The molecule has 4 nitrogen and oxygen atoms in total. The van der Waals surface area contributed by atoms with Crippen molar-refractivity contribution in [3.63, 3.8) is 0 Å². The molecule has 0 spiro atoms. The van der Waals surface area contributed by atoms with E-state index in [1.165, 1.54) is 4.90 Å². The van der Waals surface area contributed by atoms with Gasteiger partial charge in [0.1, 0.15) is 0 Å². The highest BCUT2D eigenvalue weighted by Crippen LogP contribution is 2.39. The Bertz CT molecular complexity index is 492. The molecule has 1 amide bonds. The van der Waals surface area contributed by atoms with Crippen LogP contribution < -0.4 is 4.90 Å². The van der Waals surface area contributed by atoms with Crippen molar-refractivity contribution < 1.29 is 14.7 Å². The molecule has 0 aliphatic carbocycles. The molecule has 1 aliphatic rings. The highest BCUT2D eigenvalue weighted by molar-refractivity contribution is 9.10. The first-order chi connectivity index (χ1) is 8.00. The van der Waals surface area contributed by atoms with Gasteiger partial charge in [-0.15, -0.1) is 11.8 Å². The highest BCUT2D eigenvalue weighted by atomic mass is 79.9. The van der Waals surface area contributed by atoms with E-state index in [1.807, 2.05) is 13.0 Å². The Hall–Kier alpha value is -1.01. The summed E-state index contributed by atoms with van der Waals surface area (Å²) in [6.07, 6.45) is 0. The molecule has 1 atom stereocenters. The van der Waals surface area contributed by atoms with E-state index in [0.29, 0.717) is 11.4 Å². The molecule has 0 bridgehead atoms. The van der Waals surface area contributed by atoms with Crippen LogP contribution in [-0.4, -0.2) is 28.8 Å². The van der Waals surface area contributed by atoms with Crippen LogP contribution in [0.5, 0.6) is 0 Å². The number of carbonyl (C=O) groups is 2. The number of carboxylic acids is 1. The van der Waals surface area contributed by atoms with Crippen LogP contribution in [0, 0.1) is 0 Å². The summed E-state index contributed by atoms with van der Waals surface area (Å²) in [5.74, 6) is -1.60. The van der Waals surface area contributed by atoms with Crippen molar-refractivity contribution in [2.24, 2.45) is 0 Å². The van der Waals surface area contributed by atoms with Crippen LogP contribution in [0.25, 0.3) is 0 Å². The average molecular weight is 316 g/mol. The fourth-order valence-electron chi connectivity index (χ4n) is 1.74. The molecule has 1 aromatic carbocycles. The topological polar surface area (TPSA) is 57.6 Å². The molecule has 6 heteroatoms. The van der Waals surface area contributed by atoms with Crippen molar-refractivity contribution in [3.8, 4) is 0 Å². The molecule has 0 radical (unpaired) electrons. The Kier molecular flexibility index (Phi) is 3.44. The zero-order valence-electron chi connectivity index (χ0n) is 9.01. The van der Waals surface area contributed by atoms with Crippen molar-refractivity contribution in [3.05, 3.63) is 22.7 Å². The van der Waals surface area contributed by atoms with E-state index < -0.39 is 11.9 Å². The molecule has 0 aromatic heterocycles. The van der Waals surface area contributed by atoms with Gasteiger partial charge in [-0.2, -0.15) is 0 Å². The van der Waals surface area contributed by atoms with Crippen LogP contribution in [-0.2, 0) is 9.59 Å². The lowest BCUT2D eigenvalue weighted by Gasteiger charge is -2.33. The maximum Gasteiger partial charge on any atom is 0.394 e. The summed E-state index contributed by atoms with van der Waals surface area (Å²) in [4.78, 5) is 24.7. The molecule has 0 saturated heterocycles. The lowest BCUT2D eigenvalue weighted by atomic mass is 10.2. The van der Waals surface area contributed by atoms with E-state index in [2.05, 4.69) is 15.9 Å². The van der Waals surface area contributed by atoms with Gasteiger partial charge in [0.2, 0.25) is 0 Å². The zero-order chi connectivity index (χ0) is 12.6. The molecule has 0 saturated carbocycles. The Morgan fingerprint density at radius 3 is 2.88 bits per heavy atom. The predicted octanol–water partition coefficient (Wildman–Crippen LogP) is 2.36. The molecule has 17 heavy (non-hydrogen) atoms. The molecule has 1 heterocycles. The Morgan fingerprint density at radius 2 is 2.24 bits per heavy atom. The maximum atomic E-state index is 11.7. The van der Waals surface area contributed by atoms with E-state index in [-0.39, 0.29) is 6.04 Å². The number of hydrogen-bond donors (Lipinski definition) is 1. The molecule has 2 rings (SSSR count). The monoisotopic (exact) mass is 315 g/mol. The van der Waals surface area contributed by atoms with Gasteiger partial charge in [-0.05, 0) is 25.1 Å². The third-order valence-corrected chi connectivity index (χ3v) is 4.28. The lowest BCUT2D eigenvalue weighted by molar-refractivity contribution is -0.149. The Balaban J connectivity index is 2.47. The minimum atomic E-state index is -1.42. The van der Waals surface area contributed by atoms with E-state index in [9.17, 15) is 9.59 Å². The average Bonchev–Trinajstić information content (AvgIpc) is 2.28. The number of carboxylic acid groups (broad SMARTS) is 1. The van der Waals surface area contributed by atoms with Crippen LogP contribution in [0.3, 0.4) is 0 Å². The van der Waals surface area contributed by atoms with Crippen molar-refractivity contribution in [2.75, 3.05) is 10.7 Å². The molecular weight excluding hydrogens is 306 g/mol. The number of aliphatic carboxylic acids is 1. The normalized spacial score (nSPS) is 18.7. The van der Waals surface area contributed by atoms with E-state index in [1.54, 1.807) is 23.9 Å². The van der Waals surface area contributed by atoms with Gasteiger partial charge < -0.3 is 5.11 Å². The van der Waals surface area contributed by atoms with Crippen LogP contribution in [0.15, 0.2) is 27.6 Å². The number of hydrogen-bond acceptors (Lipinski definition) is 3. The van der Waals surface area contributed by atoms with Crippen molar-refractivity contribution in [1.29, 1.82) is 0 Å². The van der Waals surface area contributed by atoms with Crippen LogP contribution in [0.4, 0.5) is 5.69 Å². The summed E-state index contributed by atoms with van der Waals surface area (Å²) in [6.45, 7) is 1.85. The largest absolute Gasteiger partial charge is 0.474 e. The number of anilines is 1. The predicted molar refractivity (Wildman–Crippen MR) is 69.4 cm³/mol. The number of halogens is 1. The number of fused-ring (bicyclic) bond motifs is 1. The first-order valence-corrected chi connectivity index (χ1v) is 6.77. The quantitative estimate of drug-likeness (QED) is 0.747. The summed E-state index contributed by atoms with van der Waals surface area (Å²) in [6, 6.07) is 5.36. The van der Waals surface area contributed by atoms with Gasteiger partial charge in [-0.3, -0.25) is 9.69 Å². The standard InChI is InChI=1S/C11H10BrNO3S/c1-6-5-17-9-4-7(12)2-3-8(9)13(6)10(14)11(15)16/h2-4,6H,5H2,1H3,(H,15,16). The van der Waals surface area contributed by atoms with Gasteiger partial charge >= 0.3 is 11.9 Å². The molecule has 1 unspecified atom stereocenters. The van der Waals surface area contributed by atoms with Crippen LogP contribution in [0.2, 0.25) is 0 Å². The fourth-order valence-corrected chi connectivity index (χ4v) is 3.34. The van der Waals surface area contributed by atoms with Crippen LogP contribution >= 0.6 is 27.7 Å². The fraction of sp³-hybridized carbons (Fsp3) is 0.273. The van der Waals surface area contributed by atoms with Gasteiger partial charge in [0, 0.05) is 21.2 Å². The molecule has 90 valence electrons. The number of benzene rings is 1. The van der Waals surface area contributed by atoms with Gasteiger partial charge in [0.25, 0.3) is 0 Å². The summed E-state index contributed by atoms with van der Waals surface area (Å²) in [5.41, 5.74) is 0.671. The third-order valence-electron chi connectivity index (χ3n) is 2.50. The Labute approximate surface area is 111 Å². The molecular formula is C11H10BrNO3S. The second-order valence-electron chi connectivity index (χ2n) is 3.75. The number of rotatable bonds is 0. The second kappa shape index (κ2) is 4.70. The first kappa shape index (κ1) is 12.4. The van der Waals surface area contributed by atoms with Gasteiger partial charge in [0.05, 0.1) is 5.69 Å². The lowest BCUT2D eigenvalue weighted by Crippen LogP contribution is -2.45. The molecule has 1 aromatic rings. The summed E-state index contributed by atoms with van der Waals surface area (Å²) >= 11 is 4.99. The van der Waals surface area contributed by atoms with Gasteiger partial charge in [-0.1, -0.05) is 15.9 Å². The number of amides is 1. The van der Waals surface area contributed by atoms with Crippen LogP contribution in [0.1, 0.15) is 6.92 Å². The second-order valence-corrected chi connectivity index (χ2v) is 5.73. The van der Waals surface area contributed by atoms with E-state index in [0.717, 1.165) is 9.37 Å². The third kappa shape index (κ3) is 2.32. The summed E-state index contributed by atoms with van der Waals surface area (Å²) in [5, 5.41) is 8.82. The number of thioether (sulfide) groups is 1. The molecule has 1 aliphatic heterocycles. The van der Waals surface area contributed by atoms with E-state index in [4.69, 9.17) is 5.11 Å². The minimum Gasteiger partial charge on any atom is -0.474 e. The summed E-state index contributed by atoms with van der Waals surface area (Å²) < 4.78 is 0.918. The highest BCUT2D eigenvalue weighted by Gasteiger charge is 2.32. The van der Waals surface area contributed by atoms with Crippen molar-refractivity contribution >= 4 is 45.3 Å². The molecule has 1 N–H and O–H groups in total. The maximum absolute atomic E-state index is 11.7. The van der Waals surface area contributed by atoms with E-state index >= 15 is 0 Å². The van der Waals surface area contributed by atoms with Gasteiger partial charge in [0.15, 0.2) is 0 Å². The smallest absolute Gasteiger partial charge is 0.394 e. The number of nitrogens with zero attached hydrogens (tertiary/aromatic N) is 1. The minimum absolute atomic E-state index is 0.114. The SMILES string of the molecule is CC1CSc2cc(Br)ccc2N1C(=O)C(=O)O. The van der Waals surface area contributed by atoms with Crippen molar-refractivity contribution in [1.82, 2.24) is 0 Å².